The fraction of sp³-hybridized carbons (Fsp3) is 0.394. The van der Waals surface area contributed by atoms with Crippen molar-refractivity contribution in [1.29, 1.82) is 0 Å². The molecule has 0 fully saturated rings. The van der Waals surface area contributed by atoms with Crippen molar-refractivity contribution < 1.29 is 19.1 Å². The fourth-order valence-electron chi connectivity index (χ4n) is 5.35. The summed E-state index contributed by atoms with van der Waals surface area (Å²) in [5.74, 6) is 0.316. The van der Waals surface area contributed by atoms with Crippen molar-refractivity contribution in [2.75, 3.05) is 0 Å². The number of hydrogen-bond acceptors (Lipinski definition) is 8. The monoisotopic (exact) mass is 663 g/mol. The number of nitrogens with zero attached hydrogens (tertiary/aromatic N) is 6. The Bertz CT molecular complexity index is 2110. The fourth-order valence-corrected chi connectivity index (χ4v) is 5.57. The zero-order valence-electron chi connectivity index (χ0n) is 27.6. The highest BCUT2D eigenvalue weighted by atomic mass is 35.5. The molecule has 0 bridgehead atoms. The van der Waals surface area contributed by atoms with Crippen LogP contribution in [0.4, 0.5) is 9.59 Å². The van der Waals surface area contributed by atoms with E-state index in [-0.39, 0.29) is 24.1 Å². The number of carbonyl (C=O) groups is 2. The number of alkyl carbamates (subject to hydrolysis) is 1. The highest BCUT2D eigenvalue weighted by Crippen LogP contribution is 2.28. The molecule has 1 aromatic carbocycles. The van der Waals surface area contributed by atoms with E-state index >= 15 is 0 Å². The summed E-state index contributed by atoms with van der Waals surface area (Å²) in [5, 5.41) is 3.82. The first-order chi connectivity index (χ1) is 21.9. The maximum Gasteiger partial charge on any atom is 0.419 e. The van der Waals surface area contributed by atoms with Crippen LogP contribution >= 0.6 is 11.6 Å². The van der Waals surface area contributed by atoms with E-state index in [1.165, 1.54) is 16.2 Å². The van der Waals surface area contributed by atoms with Gasteiger partial charge in [0.25, 0.3) is 5.56 Å². The average molecular weight is 664 g/mol. The summed E-state index contributed by atoms with van der Waals surface area (Å²) < 4.78 is 16.4. The molecule has 0 spiro atoms. The Morgan fingerprint density at radius 3 is 2.30 bits per heavy atom. The maximum absolute atomic E-state index is 14.1. The summed E-state index contributed by atoms with van der Waals surface area (Å²) in [4.78, 5) is 63.3. The van der Waals surface area contributed by atoms with Crippen LogP contribution in [0.25, 0.3) is 22.1 Å². The number of ether oxygens (including phenoxy) is 2. The first-order valence-electron chi connectivity index (χ1n) is 15.0. The molecule has 0 radical (unpaired) electrons. The van der Waals surface area contributed by atoms with E-state index in [0.717, 1.165) is 4.57 Å². The number of benzene rings is 1. The standard InChI is InChI=1S/C33H38ClN7O6/c1-32(2,3)46-29(43)36-23(16-19-12-9-10-15-35-19)26-37-27-25(38(26)7)28(42)40(30(44)39(27)8)18-20-17-21-22(34)13-11-14-24(21)41(20)31(45)47-33(4,5)6/h9-15,17,23H,16,18H2,1-8H3,(H,36,43)/t23-/m1/s1. The van der Waals surface area contributed by atoms with Crippen LogP contribution in [0.1, 0.15) is 64.8 Å². The summed E-state index contributed by atoms with van der Waals surface area (Å²) in [6, 6.07) is 11.4. The second-order valence-electron chi connectivity index (χ2n) is 13.3. The largest absolute Gasteiger partial charge is 0.444 e. The number of imidazole rings is 1. The predicted octanol–water partition coefficient (Wildman–Crippen LogP) is 5.08. The van der Waals surface area contributed by atoms with Crippen LogP contribution in [0, 0.1) is 0 Å². The van der Waals surface area contributed by atoms with Gasteiger partial charge in [-0.25, -0.2) is 23.9 Å². The highest BCUT2D eigenvalue weighted by molar-refractivity contribution is 6.35. The molecule has 47 heavy (non-hydrogen) atoms. The number of rotatable bonds is 6. The van der Waals surface area contributed by atoms with E-state index in [1.54, 1.807) is 89.7 Å². The quantitative estimate of drug-likeness (QED) is 0.265. The minimum Gasteiger partial charge on any atom is -0.444 e. The Kier molecular flexibility index (Phi) is 8.80. The molecular weight excluding hydrogens is 626 g/mol. The molecule has 0 unspecified atom stereocenters. The highest BCUT2D eigenvalue weighted by Gasteiger charge is 2.29. The lowest BCUT2D eigenvalue weighted by molar-refractivity contribution is 0.0497. The van der Waals surface area contributed by atoms with Gasteiger partial charge < -0.3 is 19.4 Å². The lowest BCUT2D eigenvalue weighted by Crippen LogP contribution is -2.40. The van der Waals surface area contributed by atoms with Gasteiger partial charge in [0.15, 0.2) is 11.2 Å². The van der Waals surface area contributed by atoms with Gasteiger partial charge in [0.2, 0.25) is 0 Å². The number of pyridine rings is 1. The Labute approximate surface area is 275 Å². The molecule has 4 aromatic heterocycles. The number of nitrogens with one attached hydrogen (secondary N) is 1. The molecule has 0 saturated heterocycles. The SMILES string of the molecule is Cn1c([C@@H](Cc2ccccn2)NC(=O)OC(C)(C)C)nc2c1c(=O)n(Cc1cc3c(Cl)cccc3n1C(=O)OC(C)(C)C)c(=O)n2C. The van der Waals surface area contributed by atoms with Gasteiger partial charge in [-0.1, -0.05) is 23.7 Å². The lowest BCUT2D eigenvalue weighted by Gasteiger charge is -2.23. The third kappa shape index (κ3) is 6.94. The van der Waals surface area contributed by atoms with Crippen molar-refractivity contribution in [2.24, 2.45) is 14.1 Å². The number of halogens is 1. The van der Waals surface area contributed by atoms with Crippen molar-refractivity contribution in [3.05, 3.63) is 91.7 Å². The molecule has 5 aromatic rings. The van der Waals surface area contributed by atoms with Crippen LogP contribution in [0.5, 0.6) is 0 Å². The summed E-state index contributed by atoms with van der Waals surface area (Å²) >= 11 is 6.48. The Morgan fingerprint density at radius 2 is 1.66 bits per heavy atom. The van der Waals surface area contributed by atoms with Gasteiger partial charge in [0.05, 0.1) is 23.8 Å². The van der Waals surface area contributed by atoms with Gasteiger partial charge in [0.1, 0.15) is 17.0 Å². The number of aryl methyl sites for hydroxylation is 2. The molecule has 1 N–H and O–H groups in total. The van der Waals surface area contributed by atoms with Gasteiger partial charge in [-0.3, -0.25) is 18.9 Å². The Hall–Kier alpha value is -4.91. The van der Waals surface area contributed by atoms with Gasteiger partial charge in [-0.2, -0.15) is 0 Å². The minimum atomic E-state index is -0.806. The van der Waals surface area contributed by atoms with E-state index < -0.39 is 40.7 Å². The van der Waals surface area contributed by atoms with Crippen molar-refractivity contribution in [1.82, 2.24) is 33.6 Å². The molecule has 5 rings (SSSR count). The second-order valence-corrected chi connectivity index (χ2v) is 13.7. The topological polar surface area (TPSA) is 144 Å². The average Bonchev–Trinajstić information content (AvgIpc) is 3.51. The molecule has 4 heterocycles. The van der Waals surface area contributed by atoms with Crippen LogP contribution in [0.15, 0.2) is 58.3 Å². The van der Waals surface area contributed by atoms with Gasteiger partial charge in [0, 0.05) is 42.8 Å². The van der Waals surface area contributed by atoms with Crippen molar-refractivity contribution in [3.8, 4) is 0 Å². The summed E-state index contributed by atoms with van der Waals surface area (Å²) in [5.41, 5.74) is -1.14. The van der Waals surface area contributed by atoms with Gasteiger partial charge in [-0.05, 0) is 71.9 Å². The predicted molar refractivity (Wildman–Crippen MR) is 178 cm³/mol. The van der Waals surface area contributed by atoms with Crippen LogP contribution in [0.2, 0.25) is 5.02 Å². The molecule has 13 nitrogen and oxygen atoms in total. The van der Waals surface area contributed by atoms with Crippen LogP contribution in [0.3, 0.4) is 0 Å². The van der Waals surface area contributed by atoms with E-state index in [1.807, 2.05) is 12.1 Å². The Morgan fingerprint density at radius 1 is 0.957 bits per heavy atom. The smallest absolute Gasteiger partial charge is 0.419 e. The van der Waals surface area contributed by atoms with E-state index in [9.17, 15) is 19.2 Å². The number of amides is 1. The molecule has 14 heteroatoms. The third-order valence-corrected chi connectivity index (χ3v) is 7.63. The zero-order chi connectivity index (χ0) is 34.4. The van der Waals surface area contributed by atoms with E-state index in [4.69, 9.17) is 21.1 Å². The molecule has 0 aliphatic heterocycles. The van der Waals surface area contributed by atoms with Crippen molar-refractivity contribution in [2.45, 2.75) is 71.8 Å². The normalized spacial score (nSPS) is 12.8. The molecule has 1 amide bonds. The first kappa shape index (κ1) is 33.5. The van der Waals surface area contributed by atoms with Crippen LogP contribution in [-0.4, -0.2) is 51.6 Å². The van der Waals surface area contributed by atoms with Gasteiger partial charge in [-0.15, -0.1) is 0 Å². The minimum absolute atomic E-state index is 0.122. The number of carbonyl (C=O) groups excluding carboxylic acids is 2. The molecular formula is C33H38ClN7O6. The number of aromatic nitrogens is 6. The summed E-state index contributed by atoms with van der Waals surface area (Å²) in [7, 11) is 3.15. The Balaban J connectivity index is 1.64. The summed E-state index contributed by atoms with van der Waals surface area (Å²) in [6.07, 6.45) is 0.520. The molecule has 0 aliphatic carbocycles. The molecule has 248 valence electrons. The van der Waals surface area contributed by atoms with Crippen molar-refractivity contribution >= 4 is 45.9 Å². The van der Waals surface area contributed by atoms with Gasteiger partial charge >= 0.3 is 17.9 Å². The third-order valence-electron chi connectivity index (χ3n) is 7.30. The molecule has 0 saturated carbocycles. The molecule has 1 atom stereocenters. The summed E-state index contributed by atoms with van der Waals surface area (Å²) in [6.45, 7) is 10.2. The van der Waals surface area contributed by atoms with E-state index in [2.05, 4.69) is 15.3 Å². The van der Waals surface area contributed by atoms with Crippen LogP contribution < -0.4 is 16.6 Å². The number of fused-ring (bicyclic) bond motifs is 2. The van der Waals surface area contributed by atoms with Crippen molar-refractivity contribution in [3.63, 3.8) is 0 Å². The zero-order valence-corrected chi connectivity index (χ0v) is 28.4. The van der Waals surface area contributed by atoms with E-state index in [0.29, 0.717) is 33.1 Å². The maximum atomic E-state index is 14.1. The first-order valence-corrected chi connectivity index (χ1v) is 15.4. The van der Waals surface area contributed by atoms with Crippen LogP contribution in [-0.2, 0) is 36.5 Å². The molecule has 0 aliphatic rings. The number of hydrogen-bond donors (Lipinski definition) is 1. The second kappa shape index (κ2) is 12.4. The lowest BCUT2D eigenvalue weighted by atomic mass is 10.1.